The number of rotatable bonds is 3. The second-order valence-electron chi connectivity index (χ2n) is 5.02. The molecule has 0 amide bonds. The lowest BCUT2D eigenvalue weighted by atomic mass is 10.0. The average molecular weight is 273 g/mol. The largest absolute Gasteiger partial charge is 0.366 e. The molecule has 1 atom stereocenters. The number of hydrogen-bond acceptors (Lipinski definition) is 3. The van der Waals surface area contributed by atoms with Crippen molar-refractivity contribution >= 4 is 16.5 Å². The van der Waals surface area contributed by atoms with Gasteiger partial charge in [-0.05, 0) is 24.4 Å². The van der Waals surface area contributed by atoms with Crippen LogP contribution in [0.15, 0.2) is 60.9 Å². The molecule has 3 nitrogen and oxygen atoms in total. The summed E-state index contributed by atoms with van der Waals surface area (Å²) in [5.74, 6) is 0. The number of hydrogen-bond donors (Lipinski definition) is 1. The van der Waals surface area contributed by atoms with Crippen molar-refractivity contribution in [2.75, 3.05) is 5.32 Å². The lowest BCUT2D eigenvalue weighted by Gasteiger charge is -2.15. The quantitative estimate of drug-likeness (QED) is 0.777. The standard InChI is InChI=1S/C18H15N3/c1-13-6-8-15(9-7-13)21-18(10-19)17-12-20-11-14-4-2-3-5-16(14)17/h2-9,11-12,18,21H,1H3. The second kappa shape index (κ2) is 5.64. The fourth-order valence-corrected chi connectivity index (χ4v) is 2.37. The number of fused-ring (bicyclic) bond motifs is 1. The summed E-state index contributed by atoms with van der Waals surface area (Å²) in [6.07, 6.45) is 3.58. The minimum Gasteiger partial charge on any atom is -0.366 e. The van der Waals surface area contributed by atoms with Gasteiger partial charge < -0.3 is 5.32 Å². The molecule has 0 bridgehead atoms. The van der Waals surface area contributed by atoms with Crippen molar-refractivity contribution < 1.29 is 0 Å². The lowest BCUT2D eigenvalue weighted by Crippen LogP contribution is -2.09. The van der Waals surface area contributed by atoms with Gasteiger partial charge in [-0.2, -0.15) is 5.26 Å². The Labute approximate surface area is 123 Å². The molecule has 0 aliphatic rings. The fraction of sp³-hybridized carbons (Fsp3) is 0.111. The number of aromatic nitrogens is 1. The van der Waals surface area contributed by atoms with Crippen molar-refractivity contribution in [1.29, 1.82) is 5.26 Å². The third kappa shape index (κ3) is 2.70. The molecule has 102 valence electrons. The van der Waals surface area contributed by atoms with Gasteiger partial charge in [-0.3, -0.25) is 4.98 Å². The Kier molecular flexibility index (Phi) is 3.53. The molecule has 21 heavy (non-hydrogen) atoms. The van der Waals surface area contributed by atoms with Gasteiger partial charge in [0.2, 0.25) is 0 Å². The molecule has 0 saturated heterocycles. The van der Waals surface area contributed by atoms with Gasteiger partial charge in [0.05, 0.1) is 6.07 Å². The van der Waals surface area contributed by atoms with Gasteiger partial charge in [-0.25, -0.2) is 0 Å². The normalized spacial score (nSPS) is 11.8. The minimum atomic E-state index is -0.425. The summed E-state index contributed by atoms with van der Waals surface area (Å²) in [6, 6.07) is 17.9. The predicted octanol–water partition coefficient (Wildman–Crippen LogP) is 4.22. The number of pyridine rings is 1. The van der Waals surface area contributed by atoms with E-state index < -0.39 is 6.04 Å². The zero-order chi connectivity index (χ0) is 14.7. The van der Waals surface area contributed by atoms with Crippen LogP contribution in [-0.4, -0.2) is 4.98 Å². The maximum atomic E-state index is 9.51. The highest BCUT2D eigenvalue weighted by Crippen LogP contribution is 2.25. The molecule has 0 aliphatic carbocycles. The summed E-state index contributed by atoms with van der Waals surface area (Å²) < 4.78 is 0. The maximum Gasteiger partial charge on any atom is 0.142 e. The van der Waals surface area contributed by atoms with Crippen LogP contribution in [0, 0.1) is 18.3 Å². The third-order valence-corrected chi connectivity index (χ3v) is 3.50. The van der Waals surface area contributed by atoms with E-state index >= 15 is 0 Å². The molecule has 0 fully saturated rings. The first-order chi connectivity index (χ1) is 10.3. The second-order valence-corrected chi connectivity index (χ2v) is 5.02. The molecule has 3 heteroatoms. The molecule has 1 aromatic heterocycles. The number of nitriles is 1. The van der Waals surface area contributed by atoms with E-state index in [-0.39, 0.29) is 0 Å². The number of anilines is 1. The summed E-state index contributed by atoms with van der Waals surface area (Å²) in [5, 5.41) is 14.9. The molecule has 1 heterocycles. The van der Waals surface area contributed by atoms with E-state index in [4.69, 9.17) is 0 Å². The molecule has 0 saturated carbocycles. The lowest BCUT2D eigenvalue weighted by molar-refractivity contribution is 0.996. The summed E-state index contributed by atoms with van der Waals surface area (Å²) in [5.41, 5.74) is 3.03. The molecule has 0 spiro atoms. The molecular formula is C18H15N3. The highest BCUT2D eigenvalue weighted by atomic mass is 14.9. The summed E-state index contributed by atoms with van der Waals surface area (Å²) in [4.78, 5) is 4.25. The van der Waals surface area contributed by atoms with Crippen LogP contribution in [0.5, 0.6) is 0 Å². The van der Waals surface area contributed by atoms with Crippen molar-refractivity contribution in [2.24, 2.45) is 0 Å². The Bertz CT molecular complexity index is 795. The van der Waals surface area contributed by atoms with Gasteiger partial charge >= 0.3 is 0 Å². The zero-order valence-electron chi connectivity index (χ0n) is 11.7. The van der Waals surface area contributed by atoms with E-state index in [1.54, 1.807) is 6.20 Å². The van der Waals surface area contributed by atoms with Crippen LogP contribution < -0.4 is 5.32 Å². The highest BCUT2D eigenvalue weighted by molar-refractivity contribution is 5.85. The van der Waals surface area contributed by atoms with Crippen LogP contribution in [0.25, 0.3) is 10.8 Å². The number of benzene rings is 2. The Morgan fingerprint density at radius 1 is 1.05 bits per heavy atom. The number of nitrogens with zero attached hydrogens (tertiary/aromatic N) is 2. The fourth-order valence-electron chi connectivity index (χ4n) is 2.37. The Hall–Kier alpha value is -2.86. The first-order valence-electron chi connectivity index (χ1n) is 6.83. The van der Waals surface area contributed by atoms with E-state index in [0.717, 1.165) is 22.0 Å². The topological polar surface area (TPSA) is 48.7 Å². The van der Waals surface area contributed by atoms with Crippen LogP contribution >= 0.6 is 0 Å². The van der Waals surface area contributed by atoms with Crippen molar-refractivity contribution in [3.05, 3.63) is 72.1 Å². The van der Waals surface area contributed by atoms with Crippen molar-refractivity contribution in [1.82, 2.24) is 4.98 Å². The monoisotopic (exact) mass is 273 g/mol. The Balaban J connectivity index is 1.99. The number of nitrogens with one attached hydrogen (secondary N) is 1. The molecule has 3 rings (SSSR count). The van der Waals surface area contributed by atoms with Crippen LogP contribution in [0.2, 0.25) is 0 Å². The van der Waals surface area contributed by atoms with Crippen LogP contribution in [0.4, 0.5) is 5.69 Å². The molecule has 1 N–H and O–H groups in total. The third-order valence-electron chi connectivity index (χ3n) is 3.50. The first-order valence-corrected chi connectivity index (χ1v) is 6.83. The Morgan fingerprint density at radius 2 is 1.81 bits per heavy atom. The smallest absolute Gasteiger partial charge is 0.142 e. The SMILES string of the molecule is Cc1ccc(NC(C#N)c2cncc3ccccc23)cc1. The van der Waals surface area contributed by atoms with Gasteiger partial charge in [0.15, 0.2) is 0 Å². The van der Waals surface area contributed by atoms with Gasteiger partial charge in [0, 0.05) is 29.0 Å². The summed E-state index contributed by atoms with van der Waals surface area (Å²) in [6.45, 7) is 2.04. The van der Waals surface area contributed by atoms with Crippen LogP contribution in [0.3, 0.4) is 0 Å². The van der Waals surface area contributed by atoms with Gasteiger partial charge in [-0.1, -0.05) is 42.0 Å². The molecule has 0 radical (unpaired) electrons. The van der Waals surface area contributed by atoms with Crippen molar-refractivity contribution in [3.63, 3.8) is 0 Å². The van der Waals surface area contributed by atoms with Gasteiger partial charge in [-0.15, -0.1) is 0 Å². The molecule has 3 aromatic rings. The van der Waals surface area contributed by atoms with Crippen molar-refractivity contribution in [2.45, 2.75) is 13.0 Å². The first kappa shape index (κ1) is 13.1. The van der Waals surface area contributed by atoms with Crippen LogP contribution in [-0.2, 0) is 0 Å². The van der Waals surface area contributed by atoms with E-state index in [1.807, 2.05) is 61.7 Å². The number of aryl methyl sites for hydroxylation is 1. The van der Waals surface area contributed by atoms with Gasteiger partial charge in [0.1, 0.15) is 6.04 Å². The summed E-state index contributed by atoms with van der Waals surface area (Å²) in [7, 11) is 0. The van der Waals surface area contributed by atoms with E-state index in [2.05, 4.69) is 16.4 Å². The molecule has 1 unspecified atom stereocenters. The maximum absolute atomic E-state index is 9.51. The van der Waals surface area contributed by atoms with E-state index in [9.17, 15) is 5.26 Å². The Morgan fingerprint density at radius 3 is 2.57 bits per heavy atom. The van der Waals surface area contributed by atoms with Crippen LogP contribution in [0.1, 0.15) is 17.2 Å². The average Bonchev–Trinajstić information content (AvgIpc) is 2.54. The minimum absolute atomic E-state index is 0.425. The van der Waals surface area contributed by atoms with Gasteiger partial charge in [0.25, 0.3) is 0 Å². The van der Waals surface area contributed by atoms with Crippen molar-refractivity contribution in [3.8, 4) is 6.07 Å². The highest BCUT2D eigenvalue weighted by Gasteiger charge is 2.13. The van der Waals surface area contributed by atoms with E-state index in [1.165, 1.54) is 5.56 Å². The molecule has 0 aliphatic heterocycles. The molecular weight excluding hydrogens is 258 g/mol. The molecule has 2 aromatic carbocycles. The van der Waals surface area contributed by atoms with E-state index in [0.29, 0.717) is 0 Å². The summed E-state index contributed by atoms with van der Waals surface area (Å²) >= 11 is 0. The zero-order valence-corrected chi connectivity index (χ0v) is 11.7. The predicted molar refractivity (Wildman–Crippen MR) is 84.9 cm³/mol.